The third-order valence-electron chi connectivity index (χ3n) is 1.43. The zero-order valence-electron chi connectivity index (χ0n) is 6.07. The van der Waals surface area contributed by atoms with Gasteiger partial charge >= 0.3 is 0 Å². The van der Waals surface area contributed by atoms with Crippen LogP contribution in [-0.4, -0.2) is 9.38 Å². The molecule has 2 rings (SSSR count). The average molecular weight is 204 g/mol. The summed E-state index contributed by atoms with van der Waals surface area (Å²) in [5.41, 5.74) is 6.28. The summed E-state index contributed by atoms with van der Waals surface area (Å²) >= 11 is 5.74. The van der Waals surface area contributed by atoms with Crippen LogP contribution in [0.4, 0.5) is 5.82 Å². The van der Waals surface area contributed by atoms with Crippen molar-refractivity contribution in [3.8, 4) is 0 Å². The van der Waals surface area contributed by atoms with Gasteiger partial charge in [-0.1, -0.05) is 11.6 Å². The van der Waals surface area contributed by atoms with Crippen LogP contribution in [0.25, 0.3) is 5.65 Å². The highest BCUT2D eigenvalue weighted by atomic mass is 35.5. The lowest BCUT2D eigenvalue weighted by Crippen LogP contribution is -1.80. The Balaban J connectivity index is 0.000000720. The molecule has 0 saturated heterocycles. The molecular weight excluding hydrogens is 197 g/mol. The lowest BCUT2D eigenvalue weighted by Gasteiger charge is -1.91. The molecule has 0 aromatic carbocycles. The molecule has 2 heterocycles. The van der Waals surface area contributed by atoms with E-state index < -0.39 is 0 Å². The second kappa shape index (κ2) is 3.21. The van der Waals surface area contributed by atoms with Gasteiger partial charge in [0.15, 0.2) is 0 Å². The molecule has 0 aliphatic carbocycles. The molecular formula is C7H7Cl2N3. The van der Waals surface area contributed by atoms with Crippen molar-refractivity contribution in [2.24, 2.45) is 0 Å². The number of fused-ring (bicyclic) bond motifs is 1. The first-order valence-corrected chi connectivity index (χ1v) is 3.53. The van der Waals surface area contributed by atoms with Gasteiger partial charge in [-0.15, -0.1) is 12.4 Å². The normalized spacial score (nSPS) is 9.75. The van der Waals surface area contributed by atoms with Gasteiger partial charge in [0, 0.05) is 6.20 Å². The summed E-state index contributed by atoms with van der Waals surface area (Å²) in [6, 6.07) is 3.60. The number of halogens is 2. The molecule has 2 N–H and O–H groups in total. The predicted molar refractivity (Wildman–Crippen MR) is 51.9 cm³/mol. The van der Waals surface area contributed by atoms with Gasteiger partial charge in [-0.2, -0.15) is 0 Å². The highest BCUT2D eigenvalue weighted by molar-refractivity contribution is 6.30. The quantitative estimate of drug-likeness (QED) is 0.712. The molecule has 0 atom stereocenters. The summed E-state index contributed by atoms with van der Waals surface area (Å²) in [6.45, 7) is 0. The Kier molecular flexibility index (Phi) is 2.45. The highest BCUT2D eigenvalue weighted by Gasteiger charge is 1.96. The molecule has 0 bridgehead atoms. The maximum atomic E-state index is 5.74. The van der Waals surface area contributed by atoms with Gasteiger partial charge < -0.3 is 10.1 Å². The molecule has 0 radical (unpaired) electrons. The Morgan fingerprint density at radius 2 is 2.08 bits per heavy atom. The Morgan fingerprint density at radius 3 is 2.83 bits per heavy atom. The first kappa shape index (κ1) is 9.16. The third kappa shape index (κ3) is 1.47. The predicted octanol–water partition coefficient (Wildman–Crippen LogP) is 1.99. The molecule has 2 aromatic heterocycles. The molecule has 0 aliphatic rings. The summed E-state index contributed by atoms with van der Waals surface area (Å²) < 4.78 is 1.79. The van der Waals surface area contributed by atoms with E-state index in [9.17, 15) is 0 Å². The summed E-state index contributed by atoms with van der Waals surface area (Å²) in [5, 5.41) is 0.676. The van der Waals surface area contributed by atoms with E-state index in [1.54, 1.807) is 22.9 Å². The Labute approximate surface area is 80.6 Å². The number of imidazole rings is 1. The van der Waals surface area contributed by atoms with Crippen LogP contribution in [0.15, 0.2) is 24.5 Å². The minimum Gasteiger partial charge on any atom is -0.382 e. The van der Waals surface area contributed by atoms with Crippen LogP contribution in [0.1, 0.15) is 0 Å². The van der Waals surface area contributed by atoms with Crippen LogP contribution < -0.4 is 5.73 Å². The number of rotatable bonds is 0. The van der Waals surface area contributed by atoms with E-state index in [0.717, 1.165) is 5.65 Å². The molecule has 12 heavy (non-hydrogen) atoms. The minimum atomic E-state index is 0. The summed E-state index contributed by atoms with van der Waals surface area (Å²) in [6.07, 6.45) is 3.49. The van der Waals surface area contributed by atoms with Gasteiger partial charge in [0.2, 0.25) is 0 Å². The van der Waals surface area contributed by atoms with Crippen LogP contribution in [0.3, 0.4) is 0 Å². The number of hydrogen-bond donors (Lipinski definition) is 1. The maximum absolute atomic E-state index is 5.74. The highest BCUT2D eigenvalue weighted by Crippen LogP contribution is 2.11. The molecule has 0 spiro atoms. The van der Waals surface area contributed by atoms with Crippen molar-refractivity contribution in [2.75, 3.05) is 5.73 Å². The van der Waals surface area contributed by atoms with Crippen LogP contribution >= 0.6 is 24.0 Å². The summed E-state index contributed by atoms with van der Waals surface area (Å²) in [7, 11) is 0. The largest absolute Gasteiger partial charge is 0.382 e. The number of nitrogens with two attached hydrogens (primary N) is 1. The van der Waals surface area contributed by atoms with Gasteiger partial charge in [-0.3, -0.25) is 0 Å². The van der Waals surface area contributed by atoms with Gasteiger partial charge in [-0.25, -0.2) is 4.98 Å². The molecule has 3 nitrogen and oxygen atoms in total. The first-order valence-electron chi connectivity index (χ1n) is 3.15. The van der Waals surface area contributed by atoms with Crippen LogP contribution in [0.2, 0.25) is 5.02 Å². The van der Waals surface area contributed by atoms with E-state index in [0.29, 0.717) is 10.8 Å². The zero-order chi connectivity index (χ0) is 7.84. The fourth-order valence-electron chi connectivity index (χ4n) is 0.984. The van der Waals surface area contributed by atoms with E-state index in [4.69, 9.17) is 17.3 Å². The second-order valence-corrected chi connectivity index (χ2v) is 2.71. The molecule has 0 saturated carbocycles. The molecule has 0 aliphatic heterocycles. The lowest BCUT2D eigenvalue weighted by atomic mass is 10.5. The number of nitrogens with zero attached hydrogens (tertiary/aromatic N) is 2. The number of hydrogen-bond acceptors (Lipinski definition) is 2. The third-order valence-corrected chi connectivity index (χ3v) is 1.66. The van der Waals surface area contributed by atoms with Crippen molar-refractivity contribution in [3.63, 3.8) is 0 Å². The Bertz CT molecular complexity index is 396. The van der Waals surface area contributed by atoms with Gasteiger partial charge in [-0.05, 0) is 12.1 Å². The zero-order valence-corrected chi connectivity index (χ0v) is 7.64. The monoisotopic (exact) mass is 203 g/mol. The van der Waals surface area contributed by atoms with Gasteiger partial charge in [0.1, 0.15) is 11.5 Å². The minimum absolute atomic E-state index is 0. The first-order chi connectivity index (χ1) is 5.25. The Hall–Kier alpha value is -0.930. The van der Waals surface area contributed by atoms with E-state index in [2.05, 4.69) is 4.98 Å². The molecule has 0 amide bonds. The van der Waals surface area contributed by atoms with Crippen molar-refractivity contribution in [1.29, 1.82) is 0 Å². The smallest absolute Gasteiger partial charge is 0.142 e. The van der Waals surface area contributed by atoms with Crippen molar-refractivity contribution in [3.05, 3.63) is 29.5 Å². The standard InChI is InChI=1S/C7H6ClN3.ClH/c8-5-1-2-7-10-6(9)4-11(7)3-5;/h1-4H,9H2;1H. The fourth-order valence-corrected chi connectivity index (χ4v) is 1.15. The van der Waals surface area contributed by atoms with Crippen molar-refractivity contribution >= 4 is 35.5 Å². The Morgan fingerprint density at radius 1 is 1.33 bits per heavy atom. The molecule has 0 fully saturated rings. The van der Waals surface area contributed by atoms with Crippen LogP contribution in [-0.2, 0) is 0 Å². The summed E-state index contributed by atoms with van der Waals surface area (Å²) in [5.74, 6) is 0.507. The molecule has 2 aromatic rings. The fraction of sp³-hybridized carbons (Fsp3) is 0. The topological polar surface area (TPSA) is 43.3 Å². The van der Waals surface area contributed by atoms with Gasteiger partial charge in [0.05, 0.1) is 11.2 Å². The average Bonchev–Trinajstić information content (AvgIpc) is 2.27. The molecule has 64 valence electrons. The van der Waals surface area contributed by atoms with Crippen molar-refractivity contribution < 1.29 is 0 Å². The van der Waals surface area contributed by atoms with E-state index in [-0.39, 0.29) is 12.4 Å². The van der Waals surface area contributed by atoms with Gasteiger partial charge in [0.25, 0.3) is 0 Å². The molecule has 5 heteroatoms. The van der Waals surface area contributed by atoms with E-state index >= 15 is 0 Å². The lowest BCUT2D eigenvalue weighted by molar-refractivity contribution is 1.19. The number of aromatic nitrogens is 2. The van der Waals surface area contributed by atoms with Crippen molar-refractivity contribution in [1.82, 2.24) is 9.38 Å². The van der Waals surface area contributed by atoms with E-state index in [1.807, 2.05) is 6.07 Å². The number of anilines is 1. The summed E-state index contributed by atoms with van der Waals surface area (Å²) in [4.78, 5) is 4.04. The number of pyridine rings is 1. The van der Waals surface area contributed by atoms with E-state index in [1.165, 1.54) is 0 Å². The van der Waals surface area contributed by atoms with Crippen LogP contribution in [0, 0.1) is 0 Å². The number of nitrogen functional groups attached to an aromatic ring is 1. The van der Waals surface area contributed by atoms with Crippen molar-refractivity contribution in [2.45, 2.75) is 0 Å². The maximum Gasteiger partial charge on any atom is 0.142 e. The van der Waals surface area contributed by atoms with Crippen LogP contribution in [0.5, 0.6) is 0 Å². The SMILES string of the molecule is Cl.Nc1cn2cc(Cl)ccc2n1. The molecule has 0 unspecified atom stereocenters. The second-order valence-electron chi connectivity index (χ2n) is 2.28.